The van der Waals surface area contributed by atoms with Crippen LogP contribution in [0.5, 0.6) is 0 Å². The third-order valence-corrected chi connectivity index (χ3v) is 3.83. The van der Waals surface area contributed by atoms with Gasteiger partial charge in [-0.2, -0.15) is 0 Å². The van der Waals surface area contributed by atoms with E-state index in [4.69, 9.17) is 0 Å². The molecule has 1 nitrogen and oxygen atoms in total. The Hall–Kier alpha value is -1.76. The largest absolute Gasteiger partial charge is 0.508 e. The molecule has 0 bridgehead atoms. The zero-order valence-electron chi connectivity index (χ0n) is 9.76. The summed E-state index contributed by atoms with van der Waals surface area (Å²) in [6.07, 6.45) is 8.00. The fourth-order valence-electron chi connectivity index (χ4n) is 2.91. The van der Waals surface area contributed by atoms with Crippen molar-refractivity contribution in [3.63, 3.8) is 0 Å². The molecule has 3 rings (SSSR count). The van der Waals surface area contributed by atoms with Gasteiger partial charge in [-0.1, -0.05) is 36.9 Å². The standard InChI is InChI=1S/C16H16O/c1-11-15-5-3-2-4-12(15)6-7-13-10-14(17)8-9-16(11)13/h2-5,8-10,13,16-17H,1,6-7H2. The molecule has 0 saturated carbocycles. The van der Waals surface area contributed by atoms with Gasteiger partial charge in [0, 0.05) is 5.92 Å². The molecular weight excluding hydrogens is 208 g/mol. The predicted octanol–water partition coefficient (Wildman–Crippen LogP) is 3.89. The second-order valence-corrected chi connectivity index (χ2v) is 4.86. The van der Waals surface area contributed by atoms with Crippen LogP contribution in [0, 0.1) is 11.8 Å². The van der Waals surface area contributed by atoms with Crippen LogP contribution in [0.1, 0.15) is 17.5 Å². The number of allylic oxidation sites excluding steroid dienone is 4. The summed E-state index contributed by atoms with van der Waals surface area (Å²) in [4.78, 5) is 0. The number of benzene rings is 1. The lowest BCUT2D eigenvalue weighted by Crippen LogP contribution is -2.14. The van der Waals surface area contributed by atoms with Gasteiger partial charge in [-0.3, -0.25) is 0 Å². The highest BCUT2D eigenvalue weighted by molar-refractivity contribution is 5.71. The molecule has 0 spiro atoms. The highest BCUT2D eigenvalue weighted by atomic mass is 16.3. The summed E-state index contributed by atoms with van der Waals surface area (Å²) in [6, 6.07) is 8.51. The van der Waals surface area contributed by atoms with Crippen molar-refractivity contribution >= 4 is 5.57 Å². The Labute approximate surface area is 102 Å². The Bertz CT molecular complexity index is 522. The molecule has 0 fully saturated rings. The Morgan fingerprint density at radius 2 is 2.06 bits per heavy atom. The van der Waals surface area contributed by atoms with Crippen molar-refractivity contribution in [2.24, 2.45) is 11.8 Å². The molecule has 2 unspecified atom stereocenters. The van der Waals surface area contributed by atoms with E-state index in [-0.39, 0.29) is 0 Å². The monoisotopic (exact) mass is 224 g/mol. The third-order valence-electron chi connectivity index (χ3n) is 3.83. The Morgan fingerprint density at radius 1 is 1.24 bits per heavy atom. The molecule has 2 aliphatic carbocycles. The van der Waals surface area contributed by atoms with Crippen LogP contribution < -0.4 is 0 Å². The first-order valence-electron chi connectivity index (χ1n) is 6.12. The van der Waals surface area contributed by atoms with Crippen molar-refractivity contribution in [3.05, 3.63) is 66.0 Å². The van der Waals surface area contributed by atoms with E-state index in [9.17, 15) is 5.11 Å². The van der Waals surface area contributed by atoms with Gasteiger partial charge in [0.2, 0.25) is 0 Å². The fourth-order valence-corrected chi connectivity index (χ4v) is 2.91. The first kappa shape index (κ1) is 10.4. The number of aryl methyl sites for hydroxylation is 1. The van der Waals surface area contributed by atoms with E-state index in [2.05, 4.69) is 36.9 Å². The summed E-state index contributed by atoms with van der Waals surface area (Å²) in [5.41, 5.74) is 3.86. The SMILES string of the molecule is C=C1c2ccccc2CCC2C=C(O)C=CC12. The van der Waals surface area contributed by atoms with Crippen molar-refractivity contribution < 1.29 is 5.11 Å². The van der Waals surface area contributed by atoms with E-state index in [1.54, 1.807) is 6.08 Å². The quantitative estimate of drug-likeness (QED) is 0.708. The number of fused-ring (bicyclic) bond motifs is 2. The summed E-state index contributed by atoms with van der Waals surface area (Å²) < 4.78 is 0. The van der Waals surface area contributed by atoms with Gasteiger partial charge in [-0.05, 0) is 47.6 Å². The van der Waals surface area contributed by atoms with Crippen molar-refractivity contribution in [2.45, 2.75) is 12.8 Å². The highest BCUT2D eigenvalue weighted by Crippen LogP contribution is 2.40. The maximum absolute atomic E-state index is 9.59. The number of aliphatic hydroxyl groups is 1. The van der Waals surface area contributed by atoms with Crippen LogP contribution in [0.25, 0.3) is 5.57 Å². The van der Waals surface area contributed by atoms with Gasteiger partial charge in [0.1, 0.15) is 5.76 Å². The van der Waals surface area contributed by atoms with Gasteiger partial charge in [-0.15, -0.1) is 0 Å². The normalized spacial score (nSPS) is 26.8. The van der Waals surface area contributed by atoms with E-state index in [0.29, 0.717) is 17.6 Å². The van der Waals surface area contributed by atoms with E-state index < -0.39 is 0 Å². The van der Waals surface area contributed by atoms with Crippen LogP contribution in [0.15, 0.2) is 54.8 Å². The summed E-state index contributed by atoms with van der Waals surface area (Å²) in [6.45, 7) is 4.26. The van der Waals surface area contributed by atoms with Crippen molar-refractivity contribution in [1.82, 2.24) is 0 Å². The van der Waals surface area contributed by atoms with E-state index in [0.717, 1.165) is 12.8 Å². The van der Waals surface area contributed by atoms with Crippen LogP contribution in [0.3, 0.4) is 0 Å². The topological polar surface area (TPSA) is 20.2 Å². The molecular formula is C16H16O. The lowest BCUT2D eigenvalue weighted by Gasteiger charge is -2.24. The smallest absolute Gasteiger partial charge is 0.111 e. The predicted molar refractivity (Wildman–Crippen MR) is 70.6 cm³/mol. The summed E-state index contributed by atoms with van der Waals surface area (Å²) in [5.74, 6) is 1.12. The van der Waals surface area contributed by atoms with E-state index in [1.807, 2.05) is 6.08 Å². The van der Waals surface area contributed by atoms with Crippen LogP contribution in [0.2, 0.25) is 0 Å². The minimum absolute atomic E-state index is 0.342. The highest BCUT2D eigenvalue weighted by Gasteiger charge is 2.27. The average molecular weight is 224 g/mol. The fraction of sp³-hybridized carbons (Fsp3) is 0.250. The molecule has 1 N–H and O–H groups in total. The van der Waals surface area contributed by atoms with Gasteiger partial charge in [0.15, 0.2) is 0 Å². The Kier molecular flexibility index (Phi) is 2.40. The molecule has 2 aliphatic rings. The van der Waals surface area contributed by atoms with E-state index >= 15 is 0 Å². The Morgan fingerprint density at radius 3 is 2.94 bits per heavy atom. The molecule has 0 aromatic heterocycles. The van der Waals surface area contributed by atoms with Gasteiger partial charge < -0.3 is 5.11 Å². The molecule has 0 amide bonds. The summed E-state index contributed by atoms with van der Waals surface area (Å²) in [5, 5.41) is 9.59. The molecule has 0 heterocycles. The molecule has 2 atom stereocenters. The molecule has 17 heavy (non-hydrogen) atoms. The second kappa shape index (κ2) is 3.92. The lowest BCUT2D eigenvalue weighted by molar-refractivity contribution is 0.404. The zero-order valence-corrected chi connectivity index (χ0v) is 9.76. The van der Waals surface area contributed by atoms with Crippen LogP contribution >= 0.6 is 0 Å². The molecule has 0 radical (unpaired) electrons. The summed E-state index contributed by atoms with van der Waals surface area (Å²) in [7, 11) is 0. The molecule has 0 saturated heterocycles. The average Bonchev–Trinajstić information content (AvgIpc) is 2.48. The van der Waals surface area contributed by atoms with Gasteiger partial charge in [0.25, 0.3) is 0 Å². The van der Waals surface area contributed by atoms with Crippen LogP contribution in [-0.4, -0.2) is 5.11 Å². The molecule has 86 valence electrons. The summed E-state index contributed by atoms with van der Waals surface area (Å²) >= 11 is 0. The maximum Gasteiger partial charge on any atom is 0.111 e. The molecule has 1 aromatic rings. The lowest BCUT2D eigenvalue weighted by atomic mass is 9.81. The number of hydrogen-bond acceptors (Lipinski definition) is 1. The third kappa shape index (κ3) is 1.72. The van der Waals surface area contributed by atoms with Gasteiger partial charge in [0.05, 0.1) is 0 Å². The van der Waals surface area contributed by atoms with Gasteiger partial charge in [-0.25, -0.2) is 0 Å². The van der Waals surface area contributed by atoms with E-state index in [1.165, 1.54) is 16.7 Å². The van der Waals surface area contributed by atoms with Crippen molar-refractivity contribution in [1.29, 1.82) is 0 Å². The number of aliphatic hydroxyl groups excluding tert-OH is 1. The van der Waals surface area contributed by atoms with Crippen LogP contribution in [-0.2, 0) is 6.42 Å². The number of rotatable bonds is 0. The minimum atomic E-state index is 0.342. The second-order valence-electron chi connectivity index (χ2n) is 4.86. The minimum Gasteiger partial charge on any atom is -0.508 e. The van der Waals surface area contributed by atoms with Crippen LogP contribution in [0.4, 0.5) is 0 Å². The van der Waals surface area contributed by atoms with Crippen molar-refractivity contribution in [2.75, 3.05) is 0 Å². The molecule has 0 aliphatic heterocycles. The molecule has 1 aromatic carbocycles. The first-order valence-corrected chi connectivity index (χ1v) is 6.12. The van der Waals surface area contributed by atoms with Gasteiger partial charge >= 0.3 is 0 Å². The van der Waals surface area contributed by atoms with Crippen molar-refractivity contribution in [3.8, 4) is 0 Å². The maximum atomic E-state index is 9.59. The number of hydrogen-bond donors (Lipinski definition) is 1. The Balaban J connectivity index is 2.05. The zero-order chi connectivity index (χ0) is 11.8. The molecule has 1 heteroatoms. The first-order chi connectivity index (χ1) is 8.25.